The molecule has 0 unspecified atom stereocenters. The van der Waals surface area contributed by atoms with Crippen LogP contribution < -0.4 is 4.74 Å². The van der Waals surface area contributed by atoms with Crippen LogP contribution in [0.4, 0.5) is 0 Å². The summed E-state index contributed by atoms with van der Waals surface area (Å²) in [6, 6.07) is 8.36. The van der Waals surface area contributed by atoms with E-state index in [4.69, 9.17) is 4.74 Å². The molecular weight excluding hydrogens is 304 g/mol. The molecule has 2 aliphatic rings. The third-order valence-electron chi connectivity index (χ3n) is 5.06. The van der Waals surface area contributed by atoms with Gasteiger partial charge in [-0.1, -0.05) is 42.0 Å². The molecule has 0 N–H and O–H groups in total. The molecule has 1 aromatic carbocycles. The molecule has 2 aliphatic carbocycles. The summed E-state index contributed by atoms with van der Waals surface area (Å²) in [7, 11) is 1.70. The predicted molar refractivity (Wildman–Crippen MR) is 108 cm³/mol. The molecule has 0 spiro atoms. The number of ether oxygens (including phenoxy) is 1. The van der Waals surface area contributed by atoms with Crippen molar-refractivity contribution in [2.45, 2.75) is 34.6 Å². The Morgan fingerprint density at radius 1 is 0.720 bits per heavy atom. The average molecular weight is 330 g/mol. The second-order valence-corrected chi connectivity index (χ2v) is 6.93. The number of allylic oxidation sites excluding steroid dienone is 12. The van der Waals surface area contributed by atoms with Crippen LogP contribution in [0.1, 0.15) is 40.2 Å². The van der Waals surface area contributed by atoms with Gasteiger partial charge >= 0.3 is 0 Å². The van der Waals surface area contributed by atoms with E-state index >= 15 is 0 Å². The molecule has 0 aromatic heterocycles. The standard InChI is InChI=1S/C24H26O/c1-15-13-17(3)23-19(5)16(2)7-12-22(24(23)18(4)14-15)20-8-10-21(25-6)11-9-20/h7-14H,1-6H3. The molecule has 128 valence electrons. The number of rotatable bonds is 2. The lowest BCUT2D eigenvalue weighted by atomic mass is 9.84. The van der Waals surface area contributed by atoms with E-state index in [-0.39, 0.29) is 0 Å². The maximum atomic E-state index is 5.32. The maximum Gasteiger partial charge on any atom is 0.118 e. The Kier molecular flexibility index (Phi) is 4.67. The van der Waals surface area contributed by atoms with Gasteiger partial charge in [0.25, 0.3) is 0 Å². The third kappa shape index (κ3) is 3.19. The predicted octanol–water partition coefficient (Wildman–Crippen LogP) is 6.58. The Balaban J connectivity index is 2.29. The van der Waals surface area contributed by atoms with Gasteiger partial charge in [-0.05, 0) is 91.3 Å². The van der Waals surface area contributed by atoms with E-state index < -0.39 is 0 Å². The van der Waals surface area contributed by atoms with Crippen molar-refractivity contribution in [3.05, 3.63) is 93.1 Å². The molecule has 1 aromatic rings. The second-order valence-electron chi connectivity index (χ2n) is 6.93. The van der Waals surface area contributed by atoms with Crippen molar-refractivity contribution in [3.63, 3.8) is 0 Å². The molecule has 0 saturated heterocycles. The maximum absolute atomic E-state index is 5.32. The molecule has 0 aliphatic heterocycles. The van der Waals surface area contributed by atoms with Crippen molar-refractivity contribution in [2.75, 3.05) is 7.11 Å². The van der Waals surface area contributed by atoms with Crippen molar-refractivity contribution in [1.82, 2.24) is 0 Å². The van der Waals surface area contributed by atoms with E-state index in [1.807, 2.05) is 12.1 Å². The molecule has 0 heterocycles. The van der Waals surface area contributed by atoms with E-state index in [2.05, 4.69) is 71.1 Å². The van der Waals surface area contributed by atoms with Crippen molar-refractivity contribution in [1.29, 1.82) is 0 Å². The zero-order valence-electron chi connectivity index (χ0n) is 16.0. The Labute approximate surface area is 151 Å². The van der Waals surface area contributed by atoms with E-state index in [1.54, 1.807) is 7.11 Å². The quantitative estimate of drug-likeness (QED) is 0.595. The van der Waals surface area contributed by atoms with E-state index in [1.165, 1.54) is 50.1 Å². The monoisotopic (exact) mass is 330 g/mol. The highest BCUT2D eigenvalue weighted by Gasteiger charge is 2.22. The largest absolute Gasteiger partial charge is 0.497 e. The lowest BCUT2D eigenvalue weighted by Gasteiger charge is -2.19. The SMILES string of the molecule is COc1ccc(C2=CC=C(C)C(C)=C3C(C)=CC(C)=CC(C)=C23)cc1. The van der Waals surface area contributed by atoms with E-state index in [9.17, 15) is 0 Å². The molecule has 3 rings (SSSR count). The normalized spacial score (nSPS) is 17.8. The summed E-state index contributed by atoms with van der Waals surface area (Å²) >= 11 is 0. The van der Waals surface area contributed by atoms with Crippen LogP contribution in [0.5, 0.6) is 5.75 Å². The summed E-state index contributed by atoms with van der Waals surface area (Å²) in [4.78, 5) is 0. The minimum absolute atomic E-state index is 0.884. The molecule has 0 radical (unpaired) electrons. The Morgan fingerprint density at radius 3 is 2.04 bits per heavy atom. The fourth-order valence-electron chi connectivity index (χ4n) is 3.72. The summed E-state index contributed by atoms with van der Waals surface area (Å²) < 4.78 is 5.32. The Hall–Kier alpha value is -2.54. The number of fused-ring (bicyclic) bond motifs is 1. The summed E-state index contributed by atoms with van der Waals surface area (Å²) in [6.07, 6.45) is 9.07. The summed E-state index contributed by atoms with van der Waals surface area (Å²) in [5.74, 6) is 0.884. The van der Waals surface area contributed by atoms with Crippen molar-refractivity contribution in [3.8, 4) is 5.75 Å². The molecule has 0 amide bonds. The molecule has 0 atom stereocenters. The summed E-state index contributed by atoms with van der Waals surface area (Å²) in [5.41, 5.74) is 11.8. The van der Waals surface area contributed by atoms with Crippen LogP contribution in [0, 0.1) is 0 Å². The minimum atomic E-state index is 0.884. The van der Waals surface area contributed by atoms with Crippen LogP contribution in [-0.2, 0) is 0 Å². The Morgan fingerprint density at radius 2 is 1.40 bits per heavy atom. The lowest BCUT2D eigenvalue weighted by Crippen LogP contribution is -2.00. The summed E-state index contributed by atoms with van der Waals surface area (Å²) in [5, 5.41) is 0. The van der Waals surface area contributed by atoms with Gasteiger partial charge in [0.2, 0.25) is 0 Å². The molecule has 0 bridgehead atoms. The van der Waals surface area contributed by atoms with Gasteiger partial charge < -0.3 is 4.74 Å². The van der Waals surface area contributed by atoms with Crippen LogP contribution in [-0.4, -0.2) is 7.11 Å². The first-order chi connectivity index (χ1) is 11.9. The highest BCUT2D eigenvalue weighted by molar-refractivity contribution is 5.90. The van der Waals surface area contributed by atoms with Crippen LogP contribution in [0.2, 0.25) is 0 Å². The number of hydrogen-bond donors (Lipinski definition) is 0. The fourth-order valence-corrected chi connectivity index (χ4v) is 3.72. The van der Waals surface area contributed by atoms with Gasteiger partial charge in [0, 0.05) is 0 Å². The molecule has 1 heteroatoms. The van der Waals surface area contributed by atoms with Gasteiger partial charge in [-0.2, -0.15) is 0 Å². The van der Waals surface area contributed by atoms with Crippen molar-refractivity contribution in [2.24, 2.45) is 0 Å². The molecule has 0 saturated carbocycles. The van der Waals surface area contributed by atoms with Crippen molar-refractivity contribution >= 4 is 5.57 Å². The fraction of sp³-hybridized carbons (Fsp3) is 0.250. The first-order valence-corrected chi connectivity index (χ1v) is 8.75. The van der Waals surface area contributed by atoms with Gasteiger partial charge in [0.1, 0.15) is 5.75 Å². The molecule has 25 heavy (non-hydrogen) atoms. The number of benzene rings is 1. The first kappa shape index (κ1) is 17.3. The Bertz CT molecular complexity index is 894. The highest BCUT2D eigenvalue weighted by atomic mass is 16.5. The molecule has 0 fully saturated rings. The zero-order chi connectivity index (χ0) is 18.1. The first-order valence-electron chi connectivity index (χ1n) is 8.75. The smallest absolute Gasteiger partial charge is 0.118 e. The van der Waals surface area contributed by atoms with E-state index in [0.29, 0.717) is 0 Å². The van der Waals surface area contributed by atoms with Gasteiger partial charge in [-0.25, -0.2) is 0 Å². The van der Waals surface area contributed by atoms with Crippen LogP contribution in [0.15, 0.2) is 87.6 Å². The molecular formula is C24H26O. The average Bonchev–Trinajstić information content (AvgIpc) is 2.79. The van der Waals surface area contributed by atoms with Crippen LogP contribution in [0.25, 0.3) is 5.57 Å². The third-order valence-corrected chi connectivity index (χ3v) is 5.06. The van der Waals surface area contributed by atoms with Gasteiger partial charge in [0.05, 0.1) is 7.11 Å². The van der Waals surface area contributed by atoms with Crippen LogP contribution in [0.3, 0.4) is 0 Å². The van der Waals surface area contributed by atoms with Gasteiger partial charge in [-0.15, -0.1) is 0 Å². The minimum Gasteiger partial charge on any atom is -0.497 e. The van der Waals surface area contributed by atoms with Crippen molar-refractivity contribution < 1.29 is 4.74 Å². The number of methoxy groups -OCH3 is 1. The van der Waals surface area contributed by atoms with Crippen LogP contribution >= 0.6 is 0 Å². The summed E-state index contributed by atoms with van der Waals surface area (Å²) in [6.45, 7) is 11.0. The zero-order valence-corrected chi connectivity index (χ0v) is 16.0. The van der Waals surface area contributed by atoms with Gasteiger partial charge in [-0.3, -0.25) is 0 Å². The lowest BCUT2D eigenvalue weighted by molar-refractivity contribution is 0.415. The highest BCUT2D eigenvalue weighted by Crippen LogP contribution is 2.42. The number of hydrogen-bond acceptors (Lipinski definition) is 1. The van der Waals surface area contributed by atoms with E-state index in [0.717, 1.165) is 5.75 Å². The molecule has 1 nitrogen and oxygen atoms in total. The van der Waals surface area contributed by atoms with Gasteiger partial charge in [0.15, 0.2) is 0 Å². The topological polar surface area (TPSA) is 9.23 Å². The second kappa shape index (κ2) is 6.76.